The van der Waals surface area contributed by atoms with Crippen molar-refractivity contribution in [3.8, 4) is 34.5 Å². The number of hydrogen-bond acceptors (Lipinski definition) is 9. The molecular formula is C23H23N7OS. The average Bonchev–Trinajstić information content (AvgIpc) is 3.41. The molecule has 3 atom stereocenters. The van der Waals surface area contributed by atoms with Crippen LogP contribution in [0.2, 0.25) is 0 Å². The number of aromatic hydroxyl groups is 1. The van der Waals surface area contributed by atoms with E-state index in [0.29, 0.717) is 46.3 Å². The summed E-state index contributed by atoms with van der Waals surface area (Å²) in [6, 6.07) is 9.57. The lowest BCUT2D eigenvalue weighted by Crippen LogP contribution is -2.49. The number of piperidine rings is 1. The fourth-order valence-corrected chi connectivity index (χ4v) is 5.74. The first-order valence-electron chi connectivity index (χ1n) is 11.1. The third kappa shape index (κ3) is 3.59. The van der Waals surface area contributed by atoms with Crippen molar-refractivity contribution in [3.63, 3.8) is 0 Å². The number of nitrogens with zero attached hydrogens (tertiary/aromatic N) is 6. The summed E-state index contributed by atoms with van der Waals surface area (Å²) < 4.78 is 0. The van der Waals surface area contributed by atoms with E-state index in [1.165, 1.54) is 37.0 Å². The van der Waals surface area contributed by atoms with Crippen LogP contribution in [0.3, 0.4) is 0 Å². The number of nitriles is 1. The van der Waals surface area contributed by atoms with Crippen molar-refractivity contribution in [1.29, 1.82) is 5.26 Å². The number of anilines is 1. The summed E-state index contributed by atoms with van der Waals surface area (Å²) in [6.45, 7) is 0. The maximum atomic E-state index is 10.6. The normalized spacial score (nSPS) is 24.3. The maximum absolute atomic E-state index is 10.6. The SMILES string of the molecule is N#Cc1nc(-c2ccc(-c3ncc(N(C4CC4)[C@@H]4C[C@H]5CC[C@@H](C4)N5)nn3)c(O)c2)cs1. The Bertz CT molecular complexity index is 1170. The van der Waals surface area contributed by atoms with Crippen molar-refractivity contribution in [2.24, 2.45) is 0 Å². The first-order valence-corrected chi connectivity index (χ1v) is 12.0. The van der Waals surface area contributed by atoms with Crippen molar-refractivity contribution in [2.75, 3.05) is 4.90 Å². The molecule has 8 nitrogen and oxygen atoms in total. The van der Waals surface area contributed by atoms with E-state index < -0.39 is 0 Å². The predicted molar refractivity (Wildman–Crippen MR) is 121 cm³/mol. The number of nitrogens with one attached hydrogen (secondary N) is 1. The molecule has 0 spiro atoms. The molecule has 2 bridgehead atoms. The molecule has 2 aliphatic heterocycles. The van der Waals surface area contributed by atoms with E-state index in [0.717, 1.165) is 24.2 Å². The largest absolute Gasteiger partial charge is 0.507 e. The molecule has 1 aromatic carbocycles. The second kappa shape index (κ2) is 7.80. The van der Waals surface area contributed by atoms with Gasteiger partial charge in [-0.25, -0.2) is 9.97 Å². The van der Waals surface area contributed by atoms with Crippen LogP contribution in [-0.4, -0.2) is 49.4 Å². The summed E-state index contributed by atoms with van der Waals surface area (Å²) in [7, 11) is 0. The van der Waals surface area contributed by atoms with Gasteiger partial charge in [-0.15, -0.1) is 21.5 Å². The first kappa shape index (κ1) is 19.6. The zero-order chi connectivity index (χ0) is 21.7. The minimum Gasteiger partial charge on any atom is -0.507 e. The van der Waals surface area contributed by atoms with E-state index in [9.17, 15) is 5.11 Å². The van der Waals surface area contributed by atoms with Crippen LogP contribution in [0.15, 0.2) is 29.8 Å². The Morgan fingerprint density at radius 2 is 1.91 bits per heavy atom. The molecule has 162 valence electrons. The summed E-state index contributed by atoms with van der Waals surface area (Å²) in [5, 5.41) is 34.4. The zero-order valence-electron chi connectivity index (χ0n) is 17.5. The van der Waals surface area contributed by atoms with Gasteiger partial charge < -0.3 is 15.3 Å². The van der Waals surface area contributed by atoms with Gasteiger partial charge in [0.25, 0.3) is 0 Å². The molecule has 32 heavy (non-hydrogen) atoms. The molecule has 3 aromatic rings. The molecule has 1 aliphatic carbocycles. The second-order valence-corrected chi connectivity index (χ2v) is 9.78. The smallest absolute Gasteiger partial charge is 0.194 e. The molecule has 3 aliphatic rings. The predicted octanol–water partition coefficient (Wildman–Crippen LogP) is 3.49. The third-order valence-electron chi connectivity index (χ3n) is 6.73. The van der Waals surface area contributed by atoms with Gasteiger partial charge in [0.05, 0.1) is 17.5 Å². The minimum absolute atomic E-state index is 0.0672. The Balaban J connectivity index is 1.24. The van der Waals surface area contributed by atoms with Crippen LogP contribution in [0.1, 0.15) is 43.5 Å². The minimum atomic E-state index is 0.0672. The van der Waals surface area contributed by atoms with Gasteiger partial charge in [0, 0.05) is 35.1 Å². The quantitative estimate of drug-likeness (QED) is 0.614. The number of aromatic nitrogens is 4. The number of hydrogen-bond donors (Lipinski definition) is 2. The van der Waals surface area contributed by atoms with Gasteiger partial charge in [-0.2, -0.15) is 5.26 Å². The van der Waals surface area contributed by atoms with Gasteiger partial charge in [-0.1, -0.05) is 6.07 Å². The Morgan fingerprint density at radius 3 is 2.53 bits per heavy atom. The third-order valence-corrected chi connectivity index (χ3v) is 7.48. The van der Waals surface area contributed by atoms with E-state index in [1.54, 1.807) is 23.7 Å². The van der Waals surface area contributed by atoms with Crippen LogP contribution in [0.25, 0.3) is 22.6 Å². The van der Waals surface area contributed by atoms with E-state index in [-0.39, 0.29) is 5.75 Å². The van der Waals surface area contributed by atoms with E-state index >= 15 is 0 Å². The molecule has 0 unspecified atom stereocenters. The van der Waals surface area contributed by atoms with Crippen molar-refractivity contribution in [1.82, 2.24) is 25.5 Å². The monoisotopic (exact) mass is 445 g/mol. The summed E-state index contributed by atoms with van der Waals surface area (Å²) >= 11 is 1.28. The summed E-state index contributed by atoms with van der Waals surface area (Å²) in [5.41, 5.74) is 1.94. The van der Waals surface area contributed by atoms with Gasteiger partial charge in [0.2, 0.25) is 0 Å². The van der Waals surface area contributed by atoms with Crippen LogP contribution >= 0.6 is 11.3 Å². The van der Waals surface area contributed by atoms with Crippen molar-refractivity contribution in [3.05, 3.63) is 34.8 Å². The Morgan fingerprint density at radius 1 is 1.09 bits per heavy atom. The molecule has 3 fully saturated rings. The molecule has 1 saturated carbocycles. The molecule has 9 heteroatoms. The summed E-state index contributed by atoms with van der Waals surface area (Å²) in [6.07, 6.45) is 9.07. The fraction of sp³-hybridized carbons (Fsp3) is 0.435. The van der Waals surface area contributed by atoms with Gasteiger partial charge in [0.1, 0.15) is 11.8 Å². The number of rotatable bonds is 5. The molecule has 2 N–H and O–H groups in total. The van der Waals surface area contributed by atoms with Crippen molar-refractivity contribution >= 4 is 17.2 Å². The van der Waals surface area contributed by atoms with Gasteiger partial charge in [0.15, 0.2) is 16.6 Å². The topological polar surface area (TPSA) is 111 Å². The lowest BCUT2D eigenvalue weighted by molar-refractivity contribution is 0.343. The number of phenols is 1. The zero-order valence-corrected chi connectivity index (χ0v) is 18.3. The van der Waals surface area contributed by atoms with Crippen LogP contribution in [0, 0.1) is 11.3 Å². The Kier molecular flexibility index (Phi) is 4.77. The molecule has 2 saturated heterocycles. The van der Waals surface area contributed by atoms with Crippen LogP contribution in [-0.2, 0) is 0 Å². The van der Waals surface area contributed by atoms with Crippen molar-refractivity contribution in [2.45, 2.75) is 62.7 Å². The highest BCUT2D eigenvalue weighted by atomic mass is 32.1. The lowest BCUT2D eigenvalue weighted by atomic mass is 9.98. The highest BCUT2D eigenvalue weighted by molar-refractivity contribution is 7.10. The Labute approximate surface area is 190 Å². The number of fused-ring (bicyclic) bond motifs is 2. The fourth-order valence-electron chi connectivity index (χ4n) is 5.13. The van der Waals surface area contributed by atoms with Crippen LogP contribution in [0.4, 0.5) is 5.82 Å². The Hall–Kier alpha value is -3.09. The van der Waals surface area contributed by atoms with Gasteiger partial charge in [-0.05, 0) is 50.7 Å². The second-order valence-electron chi connectivity index (χ2n) is 8.92. The first-order chi connectivity index (χ1) is 15.7. The van der Waals surface area contributed by atoms with Gasteiger partial charge >= 0.3 is 0 Å². The van der Waals surface area contributed by atoms with E-state index in [2.05, 4.69) is 30.4 Å². The van der Waals surface area contributed by atoms with E-state index in [1.807, 2.05) is 12.1 Å². The standard InChI is InChI=1S/C23H23N7OS/c24-10-22-27-19(12-32-22)13-1-6-18(20(31)7-13)23-25-11-21(28-29-23)30(16-4-5-16)17-8-14-2-3-15(9-17)26-14/h1,6-7,11-12,14-17,26,31H,2-5,8-9H2/t14-,15+,17-. The molecule has 0 radical (unpaired) electrons. The highest BCUT2D eigenvalue weighted by Gasteiger charge is 2.41. The molecular weight excluding hydrogens is 422 g/mol. The summed E-state index contributed by atoms with van der Waals surface area (Å²) in [4.78, 5) is 11.3. The summed E-state index contributed by atoms with van der Waals surface area (Å²) in [5.74, 6) is 1.30. The van der Waals surface area contributed by atoms with Crippen molar-refractivity contribution < 1.29 is 5.11 Å². The highest BCUT2D eigenvalue weighted by Crippen LogP contribution is 2.39. The number of thiazole rings is 1. The molecule has 0 amide bonds. The molecule has 2 aromatic heterocycles. The van der Waals surface area contributed by atoms with Crippen LogP contribution in [0.5, 0.6) is 5.75 Å². The maximum Gasteiger partial charge on any atom is 0.194 e. The molecule has 6 rings (SSSR count). The van der Waals surface area contributed by atoms with Crippen LogP contribution < -0.4 is 10.2 Å². The van der Waals surface area contributed by atoms with E-state index in [4.69, 9.17) is 5.26 Å². The lowest BCUT2D eigenvalue weighted by Gasteiger charge is -2.38. The van der Waals surface area contributed by atoms with Gasteiger partial charge in [-0.3, -0.25) is 0 Å². The average molecular weight is 446 g/mol. The molecule has 4 heterocycles. The number of phenolic OH excluding ortho intramolecular Hbond substituents is 1. The number of benzene rings is 1.